The van der Waals surface area contributed by atoms with Crippen LogP contribution in [0.3, 0.4) is 0 Å². The summed E-state index contributed by atoms with van der Waals surface area (Å²) >= 11 is 1.53. The van der Waals surface area contributed by atoms with Crippen LogP contribution in [0.25, 0.3) is 0 Å². The molecule has 1 aromatic heterocycles. The first-order valence-corrected chi connectivity index (χ1v) is 6.84. The van der Waals surface area contributed by atoms with Gasteiger partial charge in [-0.3, -0.25) is 0 Å². The number of rotatable bonds is 3. The molecule has 0 aromatic carbocycles. The van der Waals surface area contributed by atoms with Gasteiger partial charge in [-0.2, -0.15) is 0 Å². The fraction of sp³-hybridized carbons (Fsp3) is 0.667. The van der Waals surface area contributed by atoms with Gasteiger partial charge in [0.1, 0.15) is 0 Å². The number of ether oxygens (including phenoxy) is 1. The molecule has 1 saturated carbocycles. The van der Waals surface area contributed by atoms with Crippen molar-refractivity contribution in [2.45, 2.75) is 45.1 Å². The van der Waals surface area contributed by atoms with Crippen LogP contribution in [0.4, 0.5) is 5.13 Å². The molecule has 1 aliphatic rings. The smallest absolute Gasteiger partial charge is 0.357 e. The van der Waals surface area contributed by atoms with Gasteiger partial charge in [0.2, 0.25) is 0 Å². The molecule has 0 atom stereocenters. The van der Waals surface area contributed by atoms with Gasteiger partial charge in [-0.05, 0) is 19.8 Å². The standard InChI is InChI=1S/C12H18N2O2S/c1-8-10(11(15)16-2)14-12(17-8)13-9-6-4-3-5-7-9/h9H,3-7H2,1-2H3,(H,13,14). The van der Waals surface area contributed by atoms with Crippen LogP contribution < -0.4 is 5.32 Å². The summed E-state index contributed by atoms with van der Waals surface area (Å²) in [6.07, 6.45) is 6.30. The summed E-state index contributed by atoms with van der Waals surface area (Å²) in [7, 11) is 1.38. The number of esters is 1. The molecule has 0 unspecified atom stereocenters. The maximum atomic E-state index is 11.4. The fourth-order valence-electron chi connectivity index (χ4n) is 2.17. The van der Waals surface area contributed by atoms with Crippen molar-refractivity contribution < 1.29 is 9.53 Å². The van der Waals surface area contributed by atoms with E-state index in [1.165, 1.54) is 50.6 Å². The van der Waals surface area contributed by atoms with Gasteiger partial charge in [0.15, 0.2) is 10.8 Å². The van der Waals surface area contributed by atoms with Gasteiger partial charge in [-0.25, -0.2) is 9.78 Å². The Labute approximate surface area is 105 Å². The van der Waals surface area contributed by atoms with Crippen LogP contribution in [0.15, 0.2) is 0 Å². The summed E-state index contributed by atoms with van der Waals surface area (Å²) in [6, 6.07) is 0.514. The average Bonchev–Trinajstić information content (AvgIpc) is 2.70. The van der Waals surface area contributed by atoms with E-state index in [4.69, 9.17) is 4.74 Å². The Kier molecular flexibility index (Phi) is 3.99. The predicted molar refractivity (Wildman–Crippen MR) is 68.7 cm³/mol. The Hall–Kier alpha value is -1.10. The molecule has 5 heteroatoms. The zero-order valence-electron chi connectivity index (χ0n) is 10.3. The molecular formula is C12H18N2O2S. The number of thiazole rings is 1. The van der Waals surface area contributed by atoms with Gasteiger partial charge in [-0.15, -0.1) is 11.3 Å². The number of carbonyl (C=O) groups excluding carboxylic acids is 1. The topological polar surface area (TPSA) is 51.2 Å². The highest BCUT2D eigenvalue weighted by atomic mass is 32.1. The van der Waals surface area contributed by atoms with Crippen molar-refractivity contribution in [3.05, 3.63) is 10.6 Å². The van der Waals surface area contributed by atoms with E-state index in [0.717, 1.165) is 10.0 Å². The number of nitrogens with one attached hydrogen (secondary N) is 1. The van der Waals surface area contributed by atoms with E-state index >= 15 is 0 Å². The molecule has 1 fully saturated rings. The molecule has 17 heavy (non-hydrogen) atoms. The van der Waals surface area contributed by atoms with Crippen LogP contribution in [0, 0.1) is 6.92 Å². The number of methoxy groups -OCH3 is 1. The number of carbonyl (C=O) groups is 1. The number of aromatic nitrogens is 1. The Balaban J connectivity index is 2.03. The molecular weight excluding hydrogens is 236 g/mol. The van der Waals surface area contributed by atoms with E-state index in [-0.39, 0.29) is 5.97 Å². The van der Waals surface area contributed by atoms with E-state index in [1.807, 2.05) is 6.92 Å². The minimum Gasteiger partial charge on any atom is -0.464 e. The van der Waals surface area contributed by atoms with Crippen LogP contribution in [-0.2, 0) is 4.74 Å². The third-order valence-corrected chi connectivity index (χ3v) is 4.01. The van der Waals surface area contributed by atoms with Gasteiger partial charge < -0.3 is 10.1 Å². The van der Waals surface area contributed by atoms with Crippen molar-refractivity contribution in [3.8, 4) is 0 Å². The molecule has 1 aromatic rings. The highest BCUT2D eigenvalue weighted by molar-refractivity contribution is 7.15. The van der Waals surface area contributed by atoms with Crippen molar-refractivity contribution >= 4 is 22.4 Å². The van der Waals surface area contributed by atoms with Gasteiger partial charge >= 0.3 is 5.97 Å². The van der Waals surface area contributed by atoms with Crippen molar-refractivity contribution in [3.63, 3.8) is 0 Å². The molecule has 0 amide bonds. The van der Waals surface area contributed by atoms with E-state index < -0.39 is 0 Å². The molecule has 1 N–H and O–H groups in total. The summed E-state index contributed by atoms with van der Waals surface area (Å²) in [5.74, 6) is -0.351. The predicted octanol–water partition coefficient (Wildman–Crippen LogP) is 2.98. The summed E-state index contributed by atoms with van der Waals surface area (Å²) in [5.41, 5.74) is 0.441. The van der Waals surface area contributed by atoms with Crippen molar-refractivity contribution in [1.82, 2.24) is 4.98 Å². The normalized spacial score (nSPS) is 16.8. The first-order chi connectivity index (χ1) is 8.20. The Morgan fingerprint density at radius 2 is 2.12 bits per heavy atom. The van der Waals surface area contributed by atoms with E-state index in [0.29, 0.717) is 11.7 Å². The SMILES string of the molecule is COC(=O)c1nc(NC2CCCCC2)sc1C. The third kappa shape index (κ3) is 2.97. The first-order valence-electron chi connectivity index (χ1n) is 6.03. The molecule has 1 heterocycles. The largest absolute Gasteiger partial charge is 0.464 e. The number of hydrogen-bond donors (Lipinski definition) is 1. The van der Waals surface area contributed by atoms with E-state index in [9.17, 15) is 4.79 Å². The average molecular weight is 254 g/mol. The molecule has 0 bridgehead atoms. The number of anilines is 1. The highest BCUT2D eigenvalue weighted by Crippen LogP contribution is 2.26. The second-order valence-corrected chi connectivity index (χ2v) is 5.60. The van der Waals surface area contributed by atoms with E-state index in [1.54, 1.807) is 0 Å². The van der Waals surface area contributed by atoms with Crippen LogP contribution in [0.2, 0.25) is 0 Å². The molecule has 0 radical (unpaired) electrons. The van der Waals surface area contributed by atoms with Crippen molar-refractivity contribution in [2.24, 2.45) is 0 Å². The summed E-state index contributed by atoms with van der Waals surface area (Å²) < 4.78 is 4.70. The van der Waals surface area contributed by atoms with E-state index in [2.05, 4.69) is 10.3 Å². The lowest BCUT2D eigenvalue weighted by atomic mass is 9.96. The number of nitrogens with zero attached hydrogens (tertiary/aromatic N) is 1. The maximum absolute atomic E-state index is 11.4. The van der Waals surface area contributed by atoms with Crippen LogP contribution >= 0.6 is 11.3 Å². The molecule has 2 rings (SSSR count). The monoisotopic (exact) mass is 254 g/mol. The minimum absolute atomic E-state index is 0.351. The van der Waals surface area contributed by atoms with Crippen LogP contribution in [-0.4, -0.2) is 24.1 Å². The zero-order valence-corrected chi connectivity index (χ0v) is 11.1. The lowest BCUT2D eigenvalue weighted by molar-refractivity contribution is 0.0594. The first kappa shape index (κ1) is 12.4. The molecule has 0 saturated heterocycles. The van der Waals surface area contributed by atoms with Gasteiger partial charge in [0, 0.05) is 10.9 Å². The van der Waals surface area contributed by atoms with Gasteiger partial charge in [-0.1, -0.05) is 19.3 Å². The lowest BCUT2D eigenvalue weighted by Crippen LogP contribution is -2.22. The maximum Gasteiger partial charge on any atom is 0.357 e. The molecule has 0 spiro atoms. The minimum atomic E-state index is -0.351. The summed E-state index contributed by atoms with van der Waals surface area (Å²) in [5, 5.41) is 4.26. The van der Waals surface area contributed by atoms with Gasteiger partial charge in [0.05, 0.1) is 7.11 Å². The quantitative estimate of drug-likeness (QED) is 0.842. The second-order valence-electron chi connectivity index (χ2n) is 4.39. The summed E-state index contributed by atoms with van der Waals surface area (Å²) in [6.45, 7) is 1.90. The second kappa shape index (κ2) is 5.49. The highest BCUT2D eigenvalue weighted by Gasteiger charge is 2.18. The molecule has 4 nitrogen and oxygen atoms in total. The van der Waals surface area contributed by atoms with Crippen molar-refractivity contribution in [1.29, 1.82) is 0 Å². The Morgan fingerprint density at radius 3 is 2.76 bits per heavy atom. The van der Waals surface area contributed by atoms with Crippen molar-refractivity contribution in [2.75, 3.05) is 12.4 Å². The Morgan fingerprint density at radius 1 is 1.41 bits per heavy atom. The number of hydrogen-bond acceptors (Lipinski definition) is 5. The van der Waals surface area contributed by atoms with Crippen LogP contribution in [0.1, 0.15) is 47.5 Å². The molecule has 94 valence electrons. The fourth-order valence-corrected chi connectivity index (χ4v) is 3.04. The third-order valence-electron chi connectivity index (χ3n) is 3.11. The molecule has 0 aliphatic heterocycles. The summed E-state index contributed by atoms with van der Waals surface area (Å²) in [4.78, 5) is 16.7. The lowest BCUT2D eigenvalue weighted by Gasteiger charge is -2.22. The molecule has 1 aliphatic carbocycles. The Bertz CT molecular complexity index is 397. The number of aryl methyl sites for hydroxylation is 1. The zero-order chi connectivity index (χ0) is 12.3. The van der Waals surface area contributed by atoms with Gasteiger partial charge in [0.25, 0.3) is 0 Å². The van der Waals surface area contributed by atoms with Crippen LogP contribution in [0.5, 0.6) is 0 Å².